The molecule has 0 fully saturated rings. The molecule has 0 atom stereocenters. The van der Waals surface area contributed by atoms with Gasteiger partial charge in [0.2, 0.25) is 11.8 Å². The third-order valence-corrected chi connectivity index (χ3v) is 2.53. The third-order valence-electron chi connectivity index (χ3n) is 2.53. The second kappa shape index (κ2) is 5.99. The summed E-state index contributed by atoms with van der Waals surface area (Å²) in [6, 6.07) is 7.58. The van der Waals surface area contributed by atoms with Crippen LogP contribution in [0.5, 0.6) is 11.6 Å². The van der Waals surface area contributed by atoms with E-state index in [1.807, 2.05) is 24.3 Å². The van der Waals surface area contributed by atoms with Crippen molar-refractivity contribution in [2.75, 3.05) is 19.5 Å². The van der Waals surface area contributed by atoms with Gasteiger partial charge in [-0.15, -0.1) is 0 Å². The molecule has 2 rings (SSSR count). The van der Waals surface area contributed by atoms with Gasteiger partial charge in [-0.05, 0) is 6.07 Å². The number of halogens is 1. The van der Waals surface area contributed by atoms with Crippen LogP contribution in [0.2, 0.25) is 0 Å². The zero-order chi connectivity index (χ0) is 13.7. The van der Waals surface area contributed by atoms with E-state index >= 15 is 0 Å². The van der Waals surface area contributed by atoms with Crippen LogP contribution in [-0.4, -0.2) is 24.2 Å². The predicted molar refractivity (Wildman–Crippen MR) is 68.9 cm³/mol. The van der Waals surface area contributed by atoms with Crippen LogP contribution in [0.1, 0.15) is 5.56 Å². The minimum atomic E-state index is -0.592. The first-order chi connectivity index (χ1) is 9.24. The topological polar surface area (TPSA) is 56.3 Å². The number of benzene rings is 1. The first-order valence-electron chi connectivity index (χ1n) is 5.67. The molecule has 1 heterocycles. The van der Waals surface area contributed by atoms with Crippen LogP contribution in [0.25, 0.3) is 0 Å². The Kier molecular flexibility index (Phi) is 4.12. The fourth-order valence-corrected chi connectivity index (χ4v) is 1.60. The summed E-state index contributed by atoms with van der Waals surface area (Å²) < 4.78 is 23.2. The maximum atomic E-state index is 13.2. The fraction of sp³-hybridized carbons (Fsp3) is 0.231. The molecule has 0 aliphatic rings. The molecule has 1 aromatic heterocycles. The molecule has 0 amide bonds. The molecule has 0 aliphatic carbocycles. The quantitative estimate of drug-likeness (QED) is 0.896. The van der Waals surface area contributed by atoms with Crippen molar-refractivity contribution in [3.05, 3.63) is 41.8 Å². The molecule has 1 N–H and O–H groups in total. The number of anilines is 1. The van der Waals surface area contributed by atoms with Gasteiger partial charge in [0, 0.05) is 12.1 Å². The van der Waals surface area contributed by atoms with Crippen molar-refractivity contribution in [3.63, 3.8) is 0 Å². The largest absolute Gasteiger partial charge is 0.496 e. The Morgan fingerprint density at radius 2 is 2.00 bits per heavy atom. The molecule has 100 valence electrons. The maximum absolute atomic E-state index is 13.2. The third kappa shape index (κ3) is 3.09. The van der Waals surface area contributed by atoms with Crippen molar-refractivity contribution in [1.29, 1.82) is 0 Å². The number of nitrogens with one attached hydrogen (secondary N) is 1. The molecular formula is C13H14FN3O2. The van der Waals surface area contributed by atoms with E-state index in [4.69, 9.17) is 9.47 Å². The lowest BCUT2D eigenvalue weighted by atomic mass is 10.2. The molecule has 0 saturated heterocycles. The Hall–Kier alpha value is -2.37. The Bertz CT molecular complexity index is 563. The van der Waals surface area contributed by atoms with E-state index in [2.05, 4.69) is 15.3 Å². The van der Waals surface area contributed by atoms with Gasteiger partial charge in [-0.1, -0.05) is 18.2 Å². The van der Waals surface area contributed by atoms with Crippen molar-refractivity contribution >= 4 is 5.95 Å². The van der Waals surface area contributed by atoms with Crippen molar-refractivity contribution < 1.29 is 13.9 Å². The van der Waals surface area contributed by atoms with E-state index in [1.54, 1.807) is 7.11 Å². The highest BCUT2D eigenvalue weighted by Crippen LogP contribution is 2.19. The van der Waals surface area contributed by atoms with E-state index in [9.17, 15) is 4.39 Å². The lowest BCUT2D eigenvalue weighted by Crippen LogP contribution is -2.06. The Balaban J connectivity index is 2.10. The Morgan fingerprint density at radius 3 is 2.74 bits per heavy atom. The van der Waals surface area contributed by atoms with Gasteiger partial charge in [0.15, 0.2) is 0 Å². The highest BCUT2D eigenvalue weighted by Gasteiger charge is 2.07. The van der Waals surface area contributed by atoms with Gasteiger partial charge < -0.3 is 14.8 Å². The molecule has 5 nitrogen and oxygen atoms in total. The normalized spacial score (nSPS) is 10.1. The monoisotopic (exact) mass is 263 g/mol. The molecule has 0 unspecified atom stereocenters. The number of aromatic nitrogens is 2. The molecular weight excluding hydrogens is 249 g/mol. The summed E-state index contributed by atoms with van der Waals surface area (Å²) in [6.07, 6.45) is 1.07. The van der Waals surface area contributed by atoms with Gasteiger partial charge in [-0.2, -0.15) is 9.37 Å². The van der Waals surface area contributed by atoms with Gasteiger partial charge in [0.05, 0.1) is 20.4 Å². The molecule has 2 aromatic rings. The summed E-state index contributed by atoms with van der Waals surface area (Å²) in [5, 5.41) is 2.99. The van der Waals surface area contributed by atoms with Crippen molar-refractivity contribution in [1.82, 2.24) is 9.97 Å². The number of hydrogen-bond donors (Lipinski definition) is 1. The standard InChI is InChI=1S/C13H14FN3O2/c1-18-11-6-4-3-5-9(11)7-15-13-16-8-10(14)12(17-13)19-2/h3-6,8H,7H2,1-2H3,(H,15,16,17). The number of ether oxygens (including phenoxy) is 2. The number of nitrogens with zero attached hydrogens (tertiary/aromatic N) is 2. The number of methoxy groups -OCH3 is 2. The first-order valence-corrected chi connectivity index (χ1v) is 5.67. The predicted octanol–water partition coefficient (Wildman–Crippen LogP) is 2.25. The van der Waals surface area contributed by atoms with Crippen LogP contribution in [0.15, 0.2) is 30.5 Å². The minimum Gasteiger partial charge on any atom is -0.496 e. The smallest absolute Gasteiger partial charge is 0.255 e. The Labute approximate surface area is 110 Å². The summed E-state index contributed by atoms with van der Waals surface area (Å²) in [4.78, 5) is 7.74. The van der Waals surface area contributed by atoms with Gasteiger partial charge in [0.1, 0.15) is 5.75 Å². The lowest BCUT2D eigenvalue weighted by molar-refractivity contribution is 0.367. The van der Waals surface area contributed by atoms with Gasteiger partial charge in [-0.3, -0.25) is 0 Å². The molecule has 0 aliphatic heterocycles. The SMILES string of the molecule is COc1ccccc1CNc1ncc(F)c(OC)n1. The second-order valence-electron chi connectivity index (χ2n) is 3.72. The summed E-state index contributed by atoms with van der Waals surface area (Å²) in [5.74, 6) is 0.385. The average Bonchev–Trinajstić information content (AvgIpc) is 2.46. The van der Waals surface area contributed by atoms with Crippen molar-refractivity contribution in [2.45, 2.75) is 6.54 Å². The van der Waals surface area contributed by atoms with Gasteiger partial charge >= 0.3 is 0 Å². The van der Waals surface area contributed by atoms with E-state index in [0.29, 0.717) is 12.5 Å². The minimum absolute atomic E-state index is 0.0856. The van der Waals surface area contributed by atoms with Crippen molar-refractivity contribution in [3.8, 4) is 11.6 Å². The number of hydrogen-bond acceptors (Lipinski definition) is 5. The summed E-state index contributed by atoms with van der Waals surface area (Å²) >= 11 is 0. The summed E-state index contributed by atoms with van der Waals surface area (Å²) in [5.41, 5.74) is 0.955. The van der Waals surface area contributed by atoms with Crippen LogP contribution < -0.4 is 14.8 Å². The van der Waals surface area contributed by atoms with Gasteiger partial charge in [0.25, 0.3) is 5.88 Å². The molecule has 0 saturated carbocycles. The van der Waals surface area contributed by atoms with Crippen LogP contribution in [0, 0.1) is 5.82 Å². The maximum Gasteiger partial charge on any atom is 0.255 e. The van der Waals surface area contributed by atoms with Crippen molar-refractivity contribution in [2.24, 2.45) is 0 Å². The molecule has 0 radical (unpaired) electrons. The lowest BCUT2D eigenvalue weighted by Gasteiger charge is -2.09. The fourth-order valence-electron chi connectivity index (χ4n) is 1.60. The highest BCUT2D eigenvalue weighted by molar-refractivity contribution is 5.37. The van der Waals surface area contributed by atoms with E-state index in [0.717, 1.165) is 17.5 Å². The number of para-hydroxylation sites is 1. The van der Waals surface area contributed by atoms with Crippen LogP contribution in [0.3, 0.4) is 0 Å². The first kappa shape index (κ1) is 13.1. The van der Waals surface area contributed by atoms with E-state index < -0.39 is 5.82 Å². The summed E-state index contributed by atoms with van der Waals surface area (Å²) in [7, 11) is 2.96. The molecule has 0 spiro atoms. The Morgan fingerprint density at radius 1 is 1.21 bits per heavy atom. The molecule has 0 bridgehead atoms. The molecule has 19 heavy (non-hydrogen) atoms. The zero-order valence-corrected chi connectivity index (χ0v) is 10.7. The van der Waals surface area contributed by atoms with Crippen LogP contribution >= 0.6 is 0 Å². The van der Waals surface area contributed by atoms with E-state index in [-0.39, 0.29) is 5.88 Å². The zero-order valence-electron chi connectivity index (χ0n) is 10.7. The number of rotatable bonds is 5. The van der Waals surface area contributed by atoms with Crippen LogP contribution in [0.4, 0.5) is 10.3 Å². The van der Waals surface area contributed by atoms with Crippen LogP contribution in [-0.2, 0) is 6.54 Å². The average molecular weight is 263 g/mol. The highest BCUT2D eigenvalue weighted by atomic mass is 19.1. The molecule has 6 heteroatoms. The van der Waals surface area contributed by atoms with Gasteiger partial charge in [-0.25, -0.2) is 4.98 Å². The summed E-state index contributed by atoms with van der Waals surface area (Å²) in [6.45, 7) is 0.471. The van der Waals surface area contributed by atoms with E-state index in [1.165, 1.54) is 7.11 Å². The second-order valence-corrected chi connectivity index (χ2v) is 3.72. The molecule has 1 aromatic carbocycles.